The SMILES string of the molecule is Cc1cc(N)nc(CN(CC(C)C)C2CC2)n1. The maximum Gasteiger partial charge on any atom is 0.144 e. The molecule has 4 nitrogen and oxygen atoms in total. The Morgan fingerprint density at radius 2 is 2.12 bits per heavy atom. The topological polar surface area (TPSA) is 55.0 Å². The lowest BCUT2D eigenvalue weighted by Gasteiger charge is -2.23. The van der Waals surface area contributed by atoms with Crippen molar-refractivity contribution in [3.05, 3.63) is 17.6 Å². The highest BCUT2D eigenvalue weighted by Gasteiger charge is 2.29. The lowest BCUT2D eigenvalue weighted by molar-refractivity contribution is 0.220. The van der Waals surface area contributed by atoms with Crippen molar-refractivity contribution in [1.29, 1.82) is 0 Å². The van der Waals surface area contributed by atoms with Crippen molar-refractivity contribution in [3.8, 4) is 0 Å². The first-order valence-corrected chi connectivity index (χ1v) is 6.38. The second kappa shape index (κ2) is 5.00. The quantitative estimate of drug-likeness (QED) is 0.846. The molecule has 0 radical (unpaired) electrons. The number of nitrogens with two attached hydrogens (primary N) is 1. The fraction of sp³-hybridized carbons (Fsp3) is 0.692. The van der Waals surface area contributed by atoms with Crippen LogP contribution in [0.3, 0.4) is 0 Å². The van der Waals surface area contributed by atoms with Gasteiger partial charge in [-0.3, -0.25) is 4.90 Å². The zero-order chi connectivity index (χ0) is 12.4. The Kier molecular flexibility index (Phi) is 3.62. The van der Waals surface area contributed by atoms with Crippen LogP contribution in [0.5, 0.6) is 0 Å². The zero-order valence-corrected chi connectivity index (χ0v) is 11.0. The van der Waals surface area contributed by atoms with Crippen LogP contribution in [0.15, 0.2) is 6.07 Å². The molecular weight excluding hydrogens is 212 g/mol. The molecule has 0 amide bonds. The van der Waals surface area contributed by atoms with Gasteiger partial charge in [0.15, 0.2) is 0 Å². The Balaban J connectivity index is 2.05. The van der Waals surface area contributed by atoms with E-state index in [1.807, 2.05) is 13.0 Å². The zero-order valence-electron chi connectivity index (χ0n) is 11.0. The van der Waals surface area contributed by atoms with Crippen molar-refractivity contribution in [3.63, 3.8) is 0 Å². The molecule has 1 aromatic rings. The minimum atomic E-state index is 0.577. The summed E-state index contributed by atoms with van der Waals surface area (Å²) in [5.41, 5.74) is 6.71. The minimum Gasteiger partial charge on any atom is -0.384 e. The van der Waals surface area contributed by atoms with Gasteiger partial charge in [0.2, 0.25) is 0 Å². The monoisotopic (exact) mass is 234 g/mol. The second-order valence-corrected chi connectivity index (χ2v) is 5.40. The summed E-state index contributed by atoms with van der Waals surface area (Å²) in [6.07, 6.45) is 2.63. The number of nitrogens with zero attached hydrogens (tertiary/aromatic N) is 3. The second-order valence-electron chi connectivity index (χ2n) is 5.40. The third-order valence-corrected chi connectivity index (χ3v) is 2.93. The highest BCUT2D eigenvalue weighted by molar-refractivity contribution is 5.29. The number of hydrogen-bond donors (Lipinski definition) is 1. The van der Waals surface area contributed by atoms with Crippen molar-refractivity contribution in [2.24, 2.45) is 5.92 Å². The van der Waals surface area contributed by atoms with Crippen LogP contribution in [0.4, 0.5) is 5.82 Å². The first-order chi connectivity index (χ1) is 8.04. The third-order valence-electron chi connectivity index (χ3n) is 2.93. The molecule has 2 N–H and O–H groups in total. The van der Waals surface area contributed by atoms with Gasteiger partial charge in [0.05, 0.1) is 6.54 Å². The summed E-state index contributed by atoms with van der Waals surface area (Å²) in [7, 11) is 0. The van der Waals surface area contributed by atoms with E-state index in [0.29, 0.717) is 11.7 Å². The number of rotatable bonds is 5. The fourth-order valence-electron chi connectivity index (χ4n) is 2.16. The molecule has 0 aliphatic heterocycles. The van der Waals surface area contributed by atoms with Crippen LogP contribution < -0.4 is 5.73 Å². The lowest BCUT2D eigenvalue weighted by atomic mass is 10.2. The molecule has 1 fully saturated rings. The van der Waals surface area contributed by atoms with E-state index in [9.17, 15) is 0 Å². The van der Waals surface area contributed by atoms with Crippen LogP contribution in [0, 0.1) is 12.8 Å². The van der Waals surface area contributed by atoms with Gasteiger partial charge >= 0.3 is 0 Å². The van der Waals surface area contributed by atoms with E-state index in [1.54, 1.807) is 0 Å². The van der Waals surface area contributed by atoms with Gasteiger partial charge < -0.3 is 5.73 Å². The lowest BCUT2D eigenvalue weighted by Crippen LogP contribution is -2.30. The van der Waals surface area contributed by atoms with Gasteiger partial charge in [0, 0.05) is 24.3 Å². The van der Waals surface area contributed by atoms with Crippen molar-refractivity contribution in [2.75, 3.05) is 12.3 Å². The summed E-state index contributed by atoms with van der Waals surface area (Å²) in [5, 5.41) is 0. The number of aryl methyl sites for hydroxylation is 1. The normalized spacial score (nSPS) is 15.8. The molecule has 0 spiro atoms. The molecule has 1 aliphatic rings. The van der Waals surface area contributed by atoms with E-state index in [4.69, 9.17) is 5.73 Å². The summed E-state index contributed by atoms with van der Waals surface area (Å²) in [4.78, 5) is 11.3. The number of aromatic nitrogens is 2. The Hall–Kier alpha value is -1.16. The molecule has 94 valence electrons. The average Bonchev–Trinajstić information content (AvgIpc) is 2.96. The van der Waals surface area contributed by atoms with Crippen LogP contribution >= 0.6 is 0 Å². The predicted octanol–water partition coefficient (Wildman–Crippen LogP) is 1.99. The van der Waals surface area contributed by atoms with Crippen molar-refractivity contribution >= 4 is 5.82 Å². The van der Waals surface area contributed by atoms with Gasteiger partial charge in [0.25, 0.3) is 0 Å². The van der Waals surface area contributed by atoms with Crippen molar-refractivity contribution < 1.29 is 0 Å². The highest BCUT2D eigenvalue weighted by atomic mass is 15.2. The molecule has 0 atom stereocenters. The van der Waals surface area contributed by atoms with Gasteiger partial charge in [-0.25, -0.2) is 9.97 Å². The standard InChI is InChI=1S/C13H22N4/c1-9(2)7-17(11-4-5-11)8-13-15-10(3)6-12(14)16-13/h6,9,11H,4-5,7-8H2,1-3H3,(H2,14,15,16). The molecule has 1 aromatic heterocycles. The molecular formula is C13H22N4. The van der Waals surface area contributed by atoms with Crippen molar-refractivity contribution in [1.82, 2.24) is 14.9 Å². The van der Waals surface area contributed by atoms with E-state index in [-0.39, 0.29) is 0 Å². The third kappa shape index (κ3) is 3.66. The Morgan fingerprint density at radius 3 is 2.65 bits per heavy atom. The smallest absolute Gasteiger partial charge is 0.144 e. The van der Waals surface area contributed by atoms with Crippen molar-refractivity contribution in [2.45, 2.75) is 46.2 Å². The maximum atomic E-state index is 5.76. The molecule has 0 saturated heterocycles. The average molecular weight is 234 g/mol. The Morgan fingerprint density at radius 1 is 1.41 bits per heavy atom. The molecule has 17 heavy (non-hydrogen) atoms. The molecule has 1 saturated carbocycles. The number of anilines is 1. The molecule has 2 rings (SSSR count). The van der Waals surface area contributed by atoms with Crippen LogP contribution in [-0.2, 0) is 6.54 Å². The van der Waals surface area contributed by atoms with Gasteiger partial charge in [-0.05, 0) is 25.7 Å². The van der Waals surface area contributed by atoms with Crippen LogP contribution in [0.2, 0.25) is 0 Å². The maximum absolute atomic E-state index is 5.76. The fourth-order valence-corrected chi connectivity index (χ4v) is 2.16. The van der Waals surface area contributed by atoms with E-state index in [2.05, 4.69) is 28.7 Å². The number of hydrogen-bond acceptors (Lipinski definition) is 4. The highest BCUT2D eigenvalue weighted by Crippen LogP contribution is 2.28. The van der Waals surface area contributed by atoms with Crippen LogP contribution in [0.1, 0.15) is 38.2 Å². The summed E-state index contributed by atoms with van der Waals surface area (Å²) in [5.74, 6) is 2.11. The molecule has 4 heteroatoms. The minimum absolute atomic E-state index is 0.577. The Labute approximate surface area is 103 Å². The molecule has 0 bridgehead atoms. The molecule has 1 heterocycles. The van der Waals surface area contributed by atoms with Crippen LogP contribution in [0.25, 0.3) is 0 Å². The predicted molar refractivity (Wildman–Crippen MR) is 69.5 cm³/mol. The summed E-state index contributed by atoms with van der Waals surface area (Å²) < 4.78 is 0. The van der Waals surface area contributed by atoms with E-state index in [1.165, 1.54) is 12.8 Å². The van der Waals surface area contributed by atoms with Crippen LogP contribution in [-0.4, -0.2) is 27.5 Å². The molecule has 1 aliphatic carbocycles. The van der Waals surface area contributed by atoms with E-state index < -0.39 is 0 Å². The molecule has 0 aromatic carbocycles. The Bertz CT molecular complexity index is 365. The molecule has 0 unspecified atom stereocenters. The van der Waals surface area contributed by atoms with Gasteiger partial charge in [-0.1, -0.05) is 13.8 Å². The summed E-state index contributed by atoms with van der Waals surface area (Å²) >= 11 is 0. The summed E-state index contributed by atoms with van der Waals surface area (Å²) in [6.45, 7) is 8.41. The van der Waals surface area contributed by atoms with Gasteiger partial charge in [-0.15, -0.1) is 0 Å². The van der Waals surface area contributed by atoms with Gasteiger partial charge in [0.1, 0.15) is 11.6 Å². The van der Waals surface area contributed by atoms with E-state index >= 15 is 0 Å². The summed E-state index contributed by atoms with van der Waals surface area (Å²) in [6, 6.07) is 2.55. The largest absolute Gasteiger partial charge is 0.384 e. The van der Waals surface area contributed by atoms with E-state index in [0.717, 1.165) is 30.6 Å². The number of nitrogen functional groups attached to an aromatic ring is 1. The first-order valence-electron chi connectivity index (χ1n) is 6.38. The van der Waals surface area contributed by atoms with Gasteiger partial charge in [-0.2, -0.15) is 0 Å². The first kappa shape index (κ1) is 12.3.